The van der Waals surface area contributed by atoms with Gasteiger partial charge < -0.3 is 15.4 Å². The third-order valence-electron chi connectivity index (χ3n) is 4.49. The molecule has 0 spiro atoms. The van der Waals surface area contributed by atoms with Gasteiger partial charge >= 0.3 is 0 Å². The molecule has 0 saturated heterocycles. The molecule has 0 aromatic heterocycles. The van der Waals surface area contributed by atoms with Crippen molar-refractivity contribution in [3.8, 4) is 5.75 Å². The molecule has 1 aliphatic heterocycles. The van der Waals surface area contributed by atoms with Gasteiger partial charge in [-0.05, 0) is 58.4 Å². The topological polar surface area (TPSA) is 62.4 Å². The number of benzene rings is 1. The van der Waals surface area contributed by atoms with Crippen molar-refractivity contribution >= 4 is 5.91 Å². The molecular formula is C22H33N3O2. The number of hydrogen-bond acceptors (Lipinski definition) is 4. The Labute approximate surface area is 163 Å². The fraction of sp³-hybridized carbons (Fsp3) is 0.500. The van der Waals surface area contributed by atoms with Crippen LogP contribution in [0.25, 0.3) is 0 Å². The summed E-state index contributed by atoms with van der Waals surface area (Å²) in [5.41, 5.74) is 1.58. The summed E-state index contributed by atoms with van der Waals surface area (Å²) in [7, 11) is 0. The Morgan fingerprint density at radius 3 is 2.48 bits per heavy atom. The molecule has 0 bridgehead atoms. The van der Waals surface area contributed by atoms with E-state index in [2.05, 4.69) is 48.5 Å². The first-order chi connectivity index (χ1) is 12.7. The highest BCUT2D eigenvalue weighted by molar-refractivity contribution is 5.96. The molecule has 0 fully saturated rings. The van der Waals surface area contributed by atoms with Crippen molar-refractivity contribution in [3.63, 3.8) is 0 Å². The highest BCUT2D eigenvalue weighted by Crippen LogP contribution is 2.29. The zero-order valence-electron chi connectivity index (χ0n) is 17.0. The lowest BCUT2D eigenvalue weighted by Crippen LogP contribution is -2.47. The molecule has 1 heterocycles. The molecule has 1 aromatic rings. The van der Waals surface area contributed by atoms with E-state index < -0.39 is 0 Å². The van der Waals surface area contributed by atoms with Gasteiger partial charge in [0.2, 0.25) is 5.91 Å². The molecule has 0 unspecified atom stereocenters. The Morgan fingerprint density at radius 2 is 1.89 bits per heavy atom. The van der Waals surface area contributed by atoms with Crippen molar-refractivity contribution in [3.05, 3.63) is 54.1 Å². The Morgan fingerprint density at radius 1 is 1.19 bits per heavy atom. The number of carbonyl (C=O) groups excluding carboxylic acids is 1. The molecule has 1 amide bonds. The Bertz CT molecular complexity index is 675. The Hall–Kier alpha value is -2.11. The fourth-order valence-corrected chi connectivity index (χ4v) is 3.40. The summed E-state index contributed by atoms with van der Waals surface area (Å²) in [6.45, 7) is 14.7. The first-order valence-electron chi connectivity index (χ1n) is 9.58. The third kappa shape index (κ3) is 6.52. The van der Waals surface area contributed by atoms with E-state index in [0.29, 0.717) is 13.2 Å². The normalized spacial score (nSPS) is 17.3. The molecule has 0 saturated carbocycles. The molecule has 0 radical (unpaired) electrons. The minimum Gasteiger partial charge on any atom is -0.490 e. The molecule has 1 aromatic carbocycles. The van der Waals surface area contributed by atoms with Gasteiger partial charge in [0.05, 0.1) is 0 Å². The maximum absolute atomic E-state index is 12.5. The lowest BCUT2D eigenvalue weighted by molar-refractivity contribution is -0.118. The molecule has 3 N–H and O–H groups in total. The molecule has 148 valence electrons. The Balaban J connectivity index is 1.65. The van der Waals surface area contributed by atoms with Gasteiger partial charge in [-0.1, -0.05) is 30.9 Å². The van der Waals surface area contributed by atoms with Gasteiger partial charge in [-0.2, -0.15) is 0 Å². The molecule has 5 nitrogen and oxygen atoms in total. The summed E-state index contributed by atoms with van der Waals surface area (Å²) >= 11 is 0. The second-order valence-corrected chi connectivity index (χ2v) is 8.06. The number of nitrogens with one attached hydrogen (secondary N) is 3. The maximum Gasteiger partial charge on any atom is 0.248 e. The third-order valence-corrected chi connectivity index (χ3v) is 4.49. The van der Waals surface area contributed by atoms with Gasteiger partial charge in [-0.15, -0.1) is 0 Å². The van der Waals surface area contributed by atoms with E-state index in [1.807, 2.05) is 32.1 Å². The molecule has 5 heteroatoms. The molecule has 2 rings (SSSR count). The second kappa shape index (κ2) is 9.20. The smallest absolute Gasteiger partial charge is 0.248 e. The molecule has 0 atom stereocenters. The first kappa shape index (κ1) is 21.2. The highest BCUT2D eigenvalue weighted by atomic mass is 16.5. The molecule has 1 aliphatic rings. The van der Waals surface area contributed by atoms with Gasteiger partial charge in [-0.3, -0.25) is 10.1 Å². The lowest BCUT2D eigenvalue weighted by Gasteiger charge is -2.27. The standard InChI is InChI=1S/C22H33N3O2/c1-6-14-27-18-10-8-17(9-11-18)16-23-12-7-13-24-20(26)19-15-21(2,3)25-22(19,4)5/h6,8-11,15,23,25H,1,7,12-14,16H2,2-5H3,(H,24,26). The van der Waals surface area contributed by atoms with Crippen LogP contribution in [-0.4, -0.2) is 36.7 Å². The van der Waals surface area contributed by atoms with Crippen LogP contribution in [-0.2, 0) is 11.3 Å². The van der Waals surface area contributed by atoms with E-state index in [1.54, 1.807) is 6.08 Å². The van der Waals surface area contributed by atoms with Gasteiger partial charge in [0.1, 0.15) is 12.4 Å². The lowest BCUT2D eigenvalue weighted by atomic mass is 9.96. The molecular weight excluding hydrogens is 338 g/mol. The SMILES string of the molecule is C=CCOc1ccc(CNCCCNC(=O)C2=CC(C)(C)NC2(C)C)cc1. The van der Waals surface area contributed by atoms with E-state index >= 15 is 0 Å². The van der Waals surface area contributed by atoms with Crippen molar-refractivity contribution in [1.29, 1.82) is 0 Å². The zero-order chi connectivity index (χ0) is 19.9. The number of hydrogen-bond donors (Lipinski definition) is 3. The van der Waals surface area contributed by atoms with Gasteiger partial charge in [0, 0.05) is 29.7 Å². The van der Waals surface area contributed by atoms with E-state index in [1.165, 1.54) is 5.56 Å². The van der Waals surface area contributed by atoms with E-state index in [0.717, 1.165) is 30.8 Å². The van der Waals surface area contributed by atoms with Crippen molar-refractivity contribution in [2.24, 2.45) is 0 Å². The average Bonchev–Trinajstić information content (AvgIpc) is 2.84. The van der Waals surface area contributed by atoms with Gasteiger partial charge in [-0.25, -0.2) is 0 Å². The summed E-state index contributed by atoms with van der Waals surface area (Å²) < 4.78 is 5.47. The fourth-order valence-electron chi connectivity index (χ4n) is 3.40. The van der Waals surface area contributed by atoms with Crippen molar-refractivity contribution in [2.45, 2.75) is 51.7 Å². The predicted octanol–water partition coefficient (Wildman–Crippen LogP) is 2.93. The minimum absolute atomic E-state index is 0.0215. The number of carbonyl (C=O) groups is 1. The van der Waals surface area contributed by atoms with Gasteiger partial charge in [0.25, 0.3) is 0 Å². The summed E-state index contributed by atoms with van der Waals surface area (Å²) in [5.74, 6) is 0.872. The van der Waals surface area contributed by atoms with Crippen LogP contribution >= 0.6 is 0 Å². The van der Waals surface area contributed by atoms with Crippen LogP contribution in [0.5, 0.6) is 5.75 Å². The average molecular weight is 372 g/mol. The van der Waals surface area contributed by atoms with E-state index in [-0.39, 0.29) is 17.0 Å². The molecule has 0 aliphatic carbocycles. The van der Waals surface area contributed by atoms with Crippen LogP contribution in [0.2, 0.25) is 0 Å². The minimum atomic E-state index is -0.298. The van der Waals surface area contributed by atoms with E-state index in [9.17, 15) is 4.79 Å². The van der Waals surface area contributed by atoms with E-state index in [4.69, 9.17) is 4.74 Å². The number of ether oxygens (including phenoxy) is 1. The first-order valence-corrected chi connectivity index (χ1v) is 9.58. The van der Waals surface area contributed by atoms with Crippen LogP contribution < -0.4 is 20.7 Å². The summed E-state index contributed by atoms with van der Waals surface area (Å²) in [6, 6.07) is 8.04. The number of amides is 1. The monoisotopic (exact) mass is 371 g/mol. The van der Waals surface area contributed by atoms with Crippen LogP contribution in [0, 0.1) is 0 Å². The van der Waals surface area contributed by atoms with Crippen molar-refractivity contribution in [2.75, 3.05) is 19.7 Å². The zero-order valence-corrected chi connectivity index (χ0v) is 17.0. The number of rotatable bonds is 10. The maximum atomic E-state index is 12.5. The summed E-state index contributed by atoms with van der Waals surface area (Å²) in [4.78, 5) is 12.5. The second-order valence-electron chi connectivity index (χ2n) is 8.06. The van der Waals surface area contributed by atoms with Crippen LogP contribution in [0.3, 0.4) is 0 Å². The highest BCUT2D eigenvalue weighted by Gasteiger charge is 2.39. The summed E-state index contributed by atoms with van der Waals surface area (Å²) in [5, 5.41) is 9.90. The van der Waals surface area contributed by atoms with Crippen molar-refractivity contribution < 1.29 is 9.53 Å². The molecule has 27 heavy (non-hydrogen) atoms. The predicted molar refractivity (Wildman–Crippen MR) is 111 cm³/mol. The van der Waals surface area contributed by atoms with Crippen LogP contribution in [0.4, 0.5) is 0 Å². The van der Waals surface area contributed by atoms with Crippen molar-refractivity contribution in [1.82, 2.24) is 16.0 Å². The summed E-state index contributed by atoms with van der Waals surface area (Å²) in [6.07, 6.45) is 4.65. The largest absolute Gasteiger partial charge is 0.490 e. The van der Waals surface area contributed by atoms with Gasteiger partial charge in [0.15, 0.2) is 0 Å². The van der Waals surface area contributed by atoms with Crippen LogP contribution in [0.1, 0.15) is 39.7 Å². The Kier molecular flexibility index (Phi) is 7.22. The quantitative estimate of drug-likeness (QED) is 0.437. The van der Waals surface area contributed by atoms with Crippen LogP contribution in [0.15, 0.2) is 48.6 Å².